The van der Waals surface area contributed by atoms with E-state index in [1.165, 1.54) is 4.90 Å². The predicted molar refractivity (Wildman–Crippen MR) is 83.1 cm³/mol. The van der Waals surface area contributed by atoms with Crippen molar-refractivity contribution in [1.29, 1.82) is 0 Å². The Kier molecular flexibility index (Phi) is 3.74. The topological polar surface area (TPSA) is 49.9 Å². The Morgan fingerprint density at radius 2 is 1.82 bits per heavy atom. The van der Waals surface area contributed by atoms with Crippen molar-refractivity contribution in [3.63, 3.8) is 0 Å². The second kappa shape index (κ2) is 5.57. The van der Waals surface area contributed by atoms with Gasteiger partial charge in [0.1, 0.15) is 6.54 Å². The van der Waals surface area contributed by atoms with Gasteiger partial charge in [0, 0.05) is 29.9 Å². The summed E-state index contributed by atoms with van der Waals surface area (Å²) in [4.78, 5) is 28.2. The fourth-order valence-electron chi connectivity index (χ4n) is 3.12. The van der Waals surface area contributed by atoms with E-state index in [9.17, 15) is 9.59 Å². The van der Waals surface area contributed by atoms with Crippen LogP contribution in [0.15, 0.2) is 30.8 Å². The minimum atomic E-state index is -0.150. The molecule has 0 aliphatic carbocycles. The summed E-state index contributed by atoms with van der Waals surface area (Å²) in [5.41, 5.74) is 2.02. The number of benzene rings is 1. The Morgan fingerprint density at radius 3 is 2.41 bits per heavy atom. The van der Waals surface area contributed by atoms with E-state index in [-0.39, 0.29) is 30.6 Å². The van der Waals surface area contributed by atoms with Crippen LogP contribution in [0, 0.1) is 0 Å². The predicted octanol–water partition coefficient (Wildman–Crippen LogP) is 1.75. The molecule has 22 heavy (non-hydrogen) atoms. The van der Waals surface area contributed by atoms with E-state index in [0.29, 0.717) is 24.4 Å². The molecule has 1 saturated heterocycles. The molecule has 2 aliphatic heterocycles. The molecule has 3 rings (SSSR count). The van der Waals surface area contributed by atoms with Crippen molar-refractivity contribution in [3.05, 3.63) is 42.0 Å². The number of ether oxygens (including phenoxy) is 1. The average Bonchev–Trinajstić information content (AvgIpc) is 2.72. The number of morpholine rings is 1. The van der Waals surface area contributed by atoms with Crippen molar-refractivity contribution in [2.75, 3.05) is 19.6 Å². The molecule has 2 heterocycles. The second-order valence-corrected chi connectivity index (χ2v) is 5.94. The highest BCUT2D eigenvalue weighted by Gasteiger charge is 2.34. The molecular weight excluding hydrogens is 280 g/mol. The lowest BCUT2D eigenvalue weighted by molar-refractivity contribution is -0.143. The minimum absolute atomic E-state index is 0.0161. The summed E-state index contributed by atoms with van der Waals surface area (Å²) < 4.78 is 5.64. The van der Waals surface area contributed by atoms with E-state index in [0.717, 1.165) is 5.56 Å². The molecule has 0 radical (unpaired) electrons. The first-order valence-electron chi connectivity index (χ1n) is 7.50. The summed E-state index contributed by atoms with van der Waals surface area (Å²) in [6, 6.07) is 7.32. The van der Waals surface area contributed by atoms with Crippen molar-refractivity contribution in [2.45, 2.75) is 26.1 Å². The Labute approximate surface area is 130 Å². The number of carbonyl (C=O) groups is 2. The Balaban J connectivity index is 1.73. The van der Waals surface area contributed by atoms with Crippen LogP contribution in [0.5, 0.6) is 0 Å². The minimum Gasteiger partial charge on any atom is -0.372 e. The van der Waals surface area contributed by atoms with Gasteiger partial charge in [-0.25, -0.2) is 0 Å². The highest BCUT2D eigenvalue weighted by atomic mass is 16.5. The molecule has 0 bridgehead atoms. The third-order valence-corrected chi connectivity index (χ3v) is 4.11. The van der Waals surface area contributed by atoms with E-state index in [1.54, 1.807) is 11.0 Å². The molecule has 0 spiro atoms. The number of carbonyl (C=O) groups excluding carboxylic acids is 2. The quantitative estimate of drug-likeness (QED) is 0.836. The maximum absolute atomic E-state index is 12.5. The summed E-state index contributed by atoms with van der Waals surface area (Å²) >= 11 is 0. The molecule has 2 atom stereocenters. The number of amides is 2. The largest absolute Gasteiger partial charge is 0.372 e. The van der Waals surface area contributed by atoms with Gasteiger partial charge in [-0.15, -0.1) is 0 Å². The van der Waals surface area contributed by atoms with Gasteiger partial charge in [0.25, 0.3) is 5.91 Å². The van der Waals surface area contributed by atoms with Crippen molar-refractivity contribution in [2.24, 2.45) is 0 Å². The fourth-order valence-corrected chi connectivity index (χ4v) is 3.12. The number of hydrogen-bond donors (Lipinski definition) is 0. The third kappa shape index (κ3) is 2.52. The second-order valence-electron chi connectivity index (χ2n) is 5.94. The Bertz CT molecular complexity index is 596. The van der Waals surface area contributed by atoms with Crippen LogP contribution in [0.1, 0.15) is 29.8 Å². The first kappa shape index (κ1) is 14.8. The Hall–Kier alpha value is -2.14. The summed E-state index contributed by atoms with van der Waals surface area (Å²) in [6.07, 6.45) is 0.0322. The van der Waals surface area contributed by atoms with E-state index >= 15 is 0 Å². The molecule has 2 aliphatic rings. The lowest BCUT2D eigenvalue weighted by Crippen LogP contribution is -2.51. The van der Waals surface area contributed by atoms with Crippen LogP contribution < -0.4 is 0 Å². The van der Waals surface area contributed by atoms with E-state index in [4.69, 9.17) is 4.74 Å². The first-order valence-corrected chi connectivity index (χ1v) is 7.50. The van der Waals surface area contributed by atoms with Gasteiger partial charge in [-0.2, -0.15) is 0 Å². The van der Waals surface area contributed by atoms with Crippen LogP contribution in [0.3, 0.4) is 0 Å². The zero-order chi connectivity index (χ0) is 15.9. The molecule has 5 nitrogen and oxygen atoms in total. The molecule has 116 valence electrons. The van der Waals surface area contributed by atoms with Crippen molar-refractivity contribution in [1.82, 2.24) is 9.80 Å². The Morgan fingerprint density at radius 1 is 1.23 bits per heavy atom. The van der Waals surface area contributed by atoms with Gasteiger partial charge in [0.15, 0.2) is 0 Å². The van der Waals surface area contributed by atoms with Crippen molar-refractivity contribution < 1.29 is 14.3 Å². The van der Waals surface area contributed by atoms with Crippen LogP contribution in [-0.4, -0.2) is 53.5 Å². The summed E-state index contributed by atoms with van der Waals surface area (Å²) in [5.74, 6) is -0.215. The molecule has 1 aromatic rings. The van der Waals surface area contributed by atoms with Gasteiger partial charge in [-0.1, -0.05) is 24.8 Å². The average molecular weight is 300 g/mol. The zero-order valence-corrected chi connectivity index (χ0v) is 12.9. The fraction of sp³-hybridized carbons (Fsp3) is 0.412. The summed E-state index contributed by atoms with van der Waals surface area (Å²) in [7, 11) is 0. The van der Waals surface area contributed by atoms with Gasteiger partial charge < -0.3 is 9.64 Å². The highest BCUT2D eigenvalue weighted by molar-refractivity contribution is 6.10. The van der Waals surface area contributed by atoms with E-state index < -0.39 is 0 Å². The van der Waals surface area contributed by atoms with Crippen LogP contribution in [0.2, 0.25) is 0 Å². The molecule has 5 heteroatoms. The summed E-state index contributed by atoms with van der Waals surface area (Å²) in [5, 5.41) is 0. The number of fused-ring (bicyclic) bond motifs is 1. The van der Waals surface area contributed by atoms with Crippen molar-refractivity contribution >= 4 is 17.5 Å². The van der Waals surface area contributed by atoms with Crippen molar-refractivity contribution in [3.8, 4) is 0 Å². The molecule has 1 aromatic carbocycles. The molecule has 0 aromatic heterocycles. The maximum Gasteiger partial charge on any atom is 0.259 e. The normalized spacial score (nSPS) is 24.6. The molecular formula is C17H20N2O3. The van der Waals surface area contributed by atoms with Crippen LogP contribution >= 0.6 is 0 Å². The maximum atomic E-state index is 12.5. The van der Waals surface area contributed by atoms with Gasteiger partial charge in [-0.3, -0.25) is 14.5 Å². The first-order chi connectivity index (χ1) is 10.5. The van der Waals surface area contributed by atoms with E-state index in [2.05, 4.69) is 6.58 Å². The molecule has 1 fully saturated rings. The molecule has 2 amide bonds. The van der Waals surface area contributed by atoms with E-state index in [1.807, 2.05) is 32.0 Å². The van der Waals surface area contributed by atoms with Crippen LogP contribution in [-0.2, 0) is 9.53 Å². The standard InChI is InChI=1S/C17H20N2O3/c1-11-8-18(9-12(2)22-11)16(20)10-19-13(3)14-6-4-5-7-15(14)17(19)21/h4-7,11-12H,3,8-10H2,1-2H3. The van der Waals surface area contributed by atoms with Crippen LogP contribution in [0.25, 0.3) is 5.70 Å². The number of nitrogens with zero attached hydrogens (tertiary/aromatic N) is 2. The number of hydrogen-bond acceptors (Lipinski definition) is 3. The number of rotatable bonds is 2. The summed E-state index contributed by atoms with van der Waals surface area (Å²) in [6.45, 7) is 9.02. The van der Waals surface area contributed by atoms with Gasteiger partial charge >= 0.3 is 0 Å². The molecule has 2 unspecified atom stereocenters. The molecule has 0 saturated carbocycles. The lowest BCUT2D eigenvalue weighted by atomic mass is 10.1. The third-order valence-electron chi connectivity index (χ3n) is 4.11. The highest BCUT2D eigenvalue weighted by Crippen LogP contribution is 2.31. The monoisotopic (exact) mass is 300 g/mol. The van der Waals surface area contributed by atoms with Gasteiger partial charge in [0.2, 0.25) is 5.91 Å². The van der Waals surface area contributed by atoms with Crippen LogP contribution in [0.4, 0.5) is 0 Å². The smallest absolute Gasteiger partial charge is 0.259 e. The SMILES string of the molecule is C=C1c2ccccc2C(=O)N1CC(=O)N1CC(C)OC(C)C1. The zero-order valence-electron chi connectivity index (χ0n) is 12.9. The van der Waals surface area contributed by atoms with Gasteiger partial charge in [-0.05, 0) is 19.9 Å². The molecule has 0 N–H and O–H groups in total. The van der Waals surface area contributed by atoms with Gasteiger partial charge in [0.05, 0.1) is 12.2 Å². The lowest BCUT2D eigenvalue weighted by Gasteiger charge is -2.36.